The van der Waals surface area contributed by atoms with Crippen LogP contribution in [0.15, 0.2) is 90.3 Å². The molecule has 2 aliphatic rings. The van der Waals surface area contributed by atoms with Gasteiger partial charge in [-0.25, -0.2) is 9.18 Å². The maximum atomic E-state index is 14.1. The Morgan fingerprint density at radius 3 is 2.61 bits per heavy atom. The second-order valence-electron chi connectivity index (χ2n) is 9.22. The van der Waals surface area contributed by atoms with Crippen molar-refractivity contribution in [2.75, 3.05) is 13.1 Å². The van der Waals surface area contributed by atoms with Crippen molar-refractivity contribution in [2.24, 2.45) is 0 Å². The van der Waals surface area contributed by atoms with Crippen molar-refractivity contribution in [1.82, 2.24) is 25.4 Å². The Labute approximate surface area is 220 Å². The summed E-state index contributed by atoms with van der Waals surface area (Å²) in [5, 5.41) is 5.78. The van der Waals surface area contributed by atoms with Crippen molar-refractivity contribution in [3.05, 3.63) is 113 Å². The summed E-state index contributed by atoms with van der Waals surface area (Å²) in [4.78, 5) is 47.8. The fraction of sp³-hybridized carbons (Fsp3) is 0.241. The molecular weight excluding hydrogens is 485 g/mol. The third-order valence-electron chi connectivity index (χ3n) is 6.87. The lowest BCUT2D eigenvalue weighted by Crippen LogP contribution is -2.49. The highest BCUT2D eigenvalue weighted by Crippen LogP contribution is 2.37. The molecule has 0 aliphatic carbocycles. The number of rotatable bonds is 8. The van der Waals surface area contributed by atoms with Crippen LogP contribution in [0, 0.1) is 5.82 Å². The summed E-state index contributed by atoms with van der Waals surface area (Å²) >= 11 is 0. The second kappa shape index (κ2) is 10.8. The van der Waals surface area contributed by atoms with Crippen molar-refractivity contribution in [3.63, 3.8) is 0 Å². The Kier molecular flexibility index (Phi) is 7.17. The Morgan fingerprint density at radius 1 is 1.11 bits per heavy atom. The molecule has 0 saturated heterocycles. The molecule has 0 unspecified atom stereocenters. The van der Waals surface area contributed by atoms with Crippen LogP contribution in [0.4, 0.5) is 9.18 Å². The maximum Gasteiger partial charge on any atom is 0.322 e. The number of amides is 4. The number of hydrogen-bond acceptors (Lipinski definition) is 4. The first kappa shape index (κ1) is 25.1. The molecular formula is C29H28FN5O3. The van der Waals surface area contributed by atoms with Gasteiger partial charge < -0.3 is 15.5 Å². The van der Waals surface area contributed by atoms with Crippen LogP contribution in [0.3, 0.4) is 0 Å². The van der Waals surface area contributed by atoms with Crippen molar-refractivity contribution in [2.45, 2.75) is 32.0 Å². The van der Waals surface area contributed by atoms with Crippen molar-refractivity contribution >= 4 is 17.8 Å². The van der Waals surface area contributed by atoms with Crippen LogP contribution in [-0.4, -0.2) is 51.8 Å². The first-order valence-electron chi connectivity index (χ1n) is 12.5. The summed E-state index contributed by atoms with van der Waals surface area (Å²) in [5.41, 5.74) is 2.95. The smallest absolute Gasteiger partial charge is 0.322 e. The minimum absolute atomic E-state index is 0.0930. The molecule has 2 aliphatic heterocycles. The van der Waals surface area contributed by atoms with Gasteiger partial charge in [-0.1, -0.05) is 48.5 Å². The number of benzene rings is 2. The highest BCUT2D eigenvalue weighted by atomic mass is 19.1. The standard InChI is InChI=1S/C29H28FN5O3/c1-2-34-24-18-35(28(37)25(24)26(33-29(34)38)20-11-8-12-21(30)16-20)23(15-19-9-4-3-5-10-19)27(36)32-17-22-13-6-7-14-31-22/h3-14,16,23,26H,2,15,17-18H2,1H3,(H,32,36)(H,33,38)/t23-,26+/m1/s1. The number of carbonyl (C=O) groups is 3. The highest BCUT2D eigenvalue weighted by molar-refractivity contribution is 6.03. The first-order valence-corrected chi connectivity index (χ1v) is 12.5. The zero-order chi connectivity index (χ0) is 26.6. The Balaban J connectivity index is 1.48. The molecule has 8 nitrogen and oxygen atoms in total. The Morgan fingerprint density at radius 2 is 1.89 bits per heavy atom. The molecule has 0 bridgehead atoms. The third kappa shape index (κ3) is 5.00. The summed E-state index contributed by atoms with van der Waals surface area (Å²) in [5.74, 6) is -1.14. The molecule has 3 heterocycles. The van der Waals surface area contributed by atoms with Crippen LogP contribution >= 0.6 is 0 Å². The van der Waals surface area contributed by atoms with Crippen LogP contribution in [0.25, 0.3) is 0 Å². The van der Waals surface area contributed by atoms with E-state index in [2.05, 4.69) is 15.6 Å². The van der Waals surface area contributed by atoms with Crippen LogP contribution in [0.5, 0.6) is 0 Å². The number of pyridine rings is 1. The van der Waals surface area contributed by atoms with Crippen LogP contribution in [-0.2, 0) is 22.6 Å². The van der Waals surface area contributed by atoms with E-state index in [1.165, 1.54) is 21.9 Å². The summed E-state index contributed by atoms with van der Waals surface area (Å²) in [6.45, 7) is 2.47. The van der Waals surface area contributed by atoms with E-state index in [1.54, 1.807) is 24.4 Å². The third-order valence-corrected chi connectivity index (χ3v) is 6.87. The molecule has 3 aromatic rings. The largest absolute Gasteiger partial charge is 0.349 e. The lowest BCUT2D eigenvalue weighted by Gasteiger charge is -2.32. The van der Waals surface area contributed by atoms with E-state index in [0.29, 0.717) is 35.5 Å². The molecule has 0 spiro atoms. The fourth-order valence-corrected chi connectivity index (χ4v) is 5.02. The van der Waals surface area contributed by atoms with Gasteiger partial charge in [0.2, 0.25) is 5.91 Å². The average Bonchev–Trinajstić information content (AvgIpc) is 3.27. The van der Waals surface area contributed by atoms with Gasteiger partial charge in [0, 0.05) is 19.2 Å². The van der Waals surface area contributed by atoms with Gasteiger partial charge in [-0.2, -0.15) is 0 Å². The van der Waals surface area contributed by atoms with Gasteiger partial charge in [0.15, 0.2) is 0 Å². The van der Waals surface area contributed by atoms with E-state index in [-0.39, 0.29) is 30.9 Å². The Hall–Kier alpha value is -4.53. The normalized spacial score (nSPS) is 17.8. The highest BCUT2D eigenvalue weighted by Gasteiger charge is 2.46. The summed E-state index contributed by atoms with van der Waals surface area (Å²) in [6.07, 6.45) is 1.94. The van der Waals surface area contributed by atoms with Crippen molar-refractivity contribution in [1.29, 1.82) is 0 Å². The number of nitrogens with zero attached hydrogens (tertiary/aromatic N) is 3. The number of nitrogens with one attached hydrogen (secondary N) is 2. The topological polar surface area (TPSA) is 94.6 Å². The predicted molar refractivity (Wildman–Crippen MR) is 139 cm³/mol. The number of likely N-dealkylation sites (N-methyl/N-ethyl adjacent to an activating group) is 1. The molecule has 2 aromatic carbocycles. The summed E-state index contributed by atoms with van der Waals surface area (Å²) < 4.78 is 14.1. The molecule has 38 heavy (non-hydrogen) atoms. The zero-order valence-corrected chi connectivity index (χ0v) is 20.9. The van der Waals surface area contributed by atoms with Gasteiger partial charge in [-0.15, -0.1) is 0 Å². The lowest BCUT2D eigenvalue weighted by molar-refractivity contribution is -0.136. The number of hydrogen-bond donors (Lipinski definition) is 2. The van der Waals surface area contributed by atoms with E-state index in [0.717, 1.165) is 5.56 Å². The maximum absolute atomic E-state index is 14.1. The molecule has 0 radical (unpaired) electrons. The van der Waals surface area contributed by atoms with Gasteiger partial charge in [0.05, 0.1) is 36.1 Å². The molecule has 1 aromatic heterocycles. The first-order chi connectivity index (χ1) is 18.5. The molecule has 5 rings (SSSR count). The van der Waals surface area contributed by atoms with Crippen LogP contribution in [0.2, 0.25) is 0 Å². The average molecular weight is 514 g/mol. The molecule has 2 N–H and O–H groups in total. The number of halogens is 1. The summed E-state index contributed by atoms with van der Waals surface area (Å²) in [7, 11) is 0. The monoisotopic (exact) mass is 513 g/mol. The van der Waals surface area contributed by atoms with Crippen LogP contribution < -0.4 is 10.6 Å². The number of carbonyl (C=O) groups excluding carboxylic acids is 3. The van der Waals surface area contributed by atoms with E-state index >= 15 is 0 Å². The summed E-state index contributed by atoms with van der Waals surface area (Å²) in [6, 6.07) is 18.8. The van der Waals surface area contributed by atoms with Gasteiger partial charge in [0.25, 0.3) is 5.91 Å². The quantitative estimate of drug-likeness (QED) is 0.483. The number of urea groups is 1. The van der Waals surface area contributed by atoms with Gasteiger partial charge in [0.1, 0.15) is 11.9 Å². The Bertz CT molecular complexity index is 1380. The fourth-order valence-electron chi connectivity index (χ4n) is 5.02. The van der Waals surface area contributed by atoms with Crippen molar-refractivity contribution in [3.8, 4) is 0 Å². The zero-order valence-electron chi connectivity index (χ0n) is 20.9. The second-order valence-corrected chi connectivity index (χ2v) is 9.22. The molecule has 2 atom stereocenters. The lowest BCUT2D eigenvalue weighted by atomic mass is 9.95. The SMILES string of the molecule is CCN1C(=O)N[C@@H](c2cccc(F)c2)C2=C1CN([C@H](Cc1ccccc1)C(=O)NCc1ccccn1)C2=O. The molecule has 0 fully saturated rings. The predicted octanol–water partition coefficient (Wildman–Crippen LogP) is 3.33. The molecule has 0 saturated carbocycles. The van der Waals surface area contributed by atoms with Crippen molar-refractivity contribution < 1.29 is 18.8 Å². The van der Waals surface area contributed by atoms with Gasteiger partial charge in [-0.05, 0) is 42.3 Å². The molecule has 9 heteroatoms. The van der Waals surface area contributed by atoms with Gasteiger partial charge in [-0.3, -0.25) is 19.5 Å². The van der Waals surface area contributed by atoms with E-state index in [9.17, 15) is 18.8 Å². The molecule has 194 valence electrons. The minimum Gasteiger partial charge on any atom is -0.349 e. The van der Waals surface area contributed by atoms with E-state index in [1.807, 2.05) is 49.4 Å². The van der Waals surface area contributed by atoms with Gasteiger partial charge >= 0.3 is 6.03 Å². The van der Waals surface area contributed by atoms with E-state index in [4.69, 9.17) is 0 Å². The number of aromatic nitrogens is 1. The minimum atomic E-state index is -0.832. The van der Waals surface area contributed by atoms with E-state index < -0.39 is 17.9 Å². The van der Waals surface area contributed by atoms with Crippen LogP contribution in [0.1, 0.15) is 29.8 Å². The molecule has 4 amide bonds.